The van der Waals surface area contributed by atoms with Crippen molar-refractivity contribution in [3.8, 4) is 16.9 Å². The van der Waals surface area contributed by atoms with E-state index in [9.17, 15) is 9.90 Å². The Balaban J connectivity index is 1.87. The van der Waals surface area contributed by atoms with Gasteiger partial charge in [0, 0.05) is 5.39 Å². The molecule has 0 amide bonds. The van der Waals surface area contributed by atoms with Gasteiger partial charge in [0.2, 0.25) is 0 Å². The van der Waals surface area contributed by atoms with E-state index >= 15 is 0 Å². The predicted molar refractivity (Wildman–Crippen MR) is 118 cm³/mol. The lowest BCUT2D eigenvalue weighted by Gasteiger charge is -2.42. The molecule has 0 atom stereocenters. The summed E-state index contributed by atoms with van der Waals surface area (Å²) in [5.41, 5.74) is 5.76. The van der Waals surface area contributed by atoms with Gasteiger partial charge in [-0.25, -0.2) is 4.79 Å². The van der Waals surface area contributed by atoms with Crippen LogP contribution in [0.3, 0.4) is 0 Å². The normalized spacial score (nSPS) is 17.0. The number of hydrogen-bond acceptors (Lipinski definition) is 2. The van der Waals surface area contributed by atoms with E-state index in [1.165, 1.54) is 29.5 Å². The smallest absolute Gasteiger partial charge is 0.335 e. The summed E-state index contributed by atoms with van der Waals surface area (Å²) in [6.45, 7) is 9.34. The molecule has 29 heavy (non-hydrogen) atoms. The van der Waals surface area contributed by atoms with Crippen molar-refractivity contribution in [3.63, 3.8) is 0 Å². The molecule has 0 heterocycles. The number of carboxylic acid groups (broad SMARTS) is 1. The summed E-state index contributed by atoms with van der Waals surface area (Å²) in [4.78, 5) is 11.4. The number of benzene rings is 3. The Bertz CT molecular complexity index is 1120. The predicted octanol–water partition coefficient (Wildman–Crippen LogP) is 6.56. The van der Waals surface area contributed by atoms with Crippen molar-refractivity contribution < 1.29 is 14.6 Å². The molecule has 0 bridgehead atoms. The van der Waals surface area contributed by atoms with E-state index in [2.05, 4.69) is 58.0 Å². The van der Waals surface area contributed by atoms with Gasteiger partial charge in [0.25, 0.3) is 0 Å². The minimum atomic E-state index is -0.950. The number of carbonyl (C=O) groups is 1. The SMILES string of the molecule is COc1cc(C(=O)O)cc2ccc(-c3ccc4c(c3)C(C)(C)CCC4(C)C)cc12. The molecule has 1 N–H and O–H groups in total. The molecule has 4 rings (SSSR count). The summed E-state index contributed by atoms with van der Waals surface area (Å²) in [6.07, 6.45) is 2.38. The highest BCUT2D eigenvalue weighted by molar-refractivity contribution is 5.99. The second kappa shape index (κ2) is 6.62. The molecular weight excluding hydrogens is 360 g/mol. The summed E-state index contributed by atoms with van der Waals surface area (Å²) in [6, 6.07) is 16.3. The fourth-order valence-corrected chi connectivity index (χ4v) is 4.56. The molecule has 3 nitrogen and oxygen atoms in total. The molecule has 0 saturated carbocycles. The zero-order valence-corrected chi connectivity index (χ0v) is 17.8. The van der Waals surface area contributed by atoms with Crippen LogP contribution in [0.15, 0.2) is 48.5 Å². The molecule has 3 heteroatoms. The van der Waals surface area contributed by atoms with Crippen LogP contribution in [0.25, 0.3) is 21.9 Å². The minimum absolute atomic E-state index is 0.159. The fourth-order valence-electron chi connectivity index (χ4n) is 4.56. The van der Waals surface area contributed by atoms with Gasteiger partial charge in [0.1, 0.15) is 5.75 Å². The molecule has 3 aromatic carbocycles. The first kappa shape index (κ1) is 19.5. The lowest BCUT2D eigenvalue weighted by Crippen LogP contribution is -2.33. The van der Waals surface area contributed by atoms with E-state index in [-0.39, 0.29) is 16.4 Å². The first-order valence-corrected chi connectivity index (χ1v) is 10.1. The van der Waals surface area contributed by atoms with Crippen LogP contribution in [0, 0.1) is 0 Å². The number of hydrogen-bond donors (Lipinski definition) is 1. The molecule has 0 aromatic heterocycles. The molecule has 0 fully saturated rings. The van der Waals surface area contributed by atoms with E-state index in [1.54, 1.807) is 19.2 Å². The largest absolute Gasteiger partial charge is 0.496 e. The van der Waals surface area contributed by atoms with Gasteiger partial charge in [-0.2, -0.15) is 0 Å². The molecule has 0 saturated heterocycles. The van der Waals surface area contributed by atoms with Crippen LogP contribution >= 0.6 is 0 Å². The molecule has 0 aliphatic heterocycles. The average molecular weight is 389 g/mol. The number of rotatable bonds is 3. The first-order chi connectivity index (χ1) is 13.6. The number of ether oxygens (including phenoxy) is 1. The van der Waals surface area contributed by atoms with Gasteiger partial charge in [0.05, 0.1) is 12.7 Å². The summed E-state index contributed by atoms with van der Waals surface area (Å²) in [7, 11) is 1.58. The third-order valence-electron chi connectivity index (χ3n) is 6.57. The molecule has 0 unspecified atom stereocenters. The van der Waals surface area contributed by atoms with Crippen molar-refractivity contribution >= 4 is 16.7 Å². The van der Waals surface area contributed by atoms with Crippen molar-refractivity contribution in [2.45, 2.75) is 51.4 Å². The van der Waals surface area contributed by atoms with Gasteiger partial charge in [-0.15, -0.1) is 0 Å². The van der Waals surface area contributed by atoms with Gasteiger partial charge in [-0.3, -0.25) is 0 Å². The summed E-state index contributed by atoms with van der Waals surface area (Å²) >= 11 is 0. The van der Waals surface area contributed by atoms with Crippen molar-refractivity contribution in [2.24, 2.45) is 0 Å². The second-order valence-electron chi connectivity index (χ2n) is 9.45. The van der Waals surface area contributed by atoms with E-state index in [0.29, 0.717) is 5.75 Å². The monoisotopic (exact) mass is 388 g/mol. The first-order valence-electron chi connectivity index (χ1n) is 10.1. The highest BCUT2D eigenvalue weighted by Gasteiger charge is 2.36. The molecule has 3 aromatic rings. The van der Waals surface area contributed by atoms with E-state index in [4.69, 9.17) is 4.74 Å². The van der Waals surface area contributed by atoms with Gasteiger partial charge < -0.3 is 9.84 Å². The Hall–Kier alpha value is -2.81. The van der Waals surface area contributed by atoms with Crippen LogP contribution in [-0.2, 0) is 10.8 Å². The van der Waals surface area contributed by atoms with E-state index in [1.807, 2.05) is 6.07 Å². The van der Waals surface area contributed by atoms with Crippen LogP contribution in [0.2, 0.25) is 0 Å². The Morgan fingerprint density at radius 3 is 2.14 bits per heavy atom. The molecule has 0 radical (unpaired) electrons. The van der Waals surface area contributed by atoms with Gasteiger partial charge in [-0.1, -0.05) is 58.0 Å². The van der Waals surface area contributed by atoms with Gasteiger partial charge in [0.15, 0.2) is 0 Å². The third kappa shape index (κ3) is 3.29. The lowest BCUT2D eigenvalue weighted by atomic mass is 9.63. The quantitative estimate of drug-likeness (QED) is 0.552. The zero-order chi connectivity index (χ0) is 21.0. The Morgan fingerprint density at radius 1 is 0.862 bits per heavy atom. The number of fused-ring (bicyclic) bond motifs is 2. The number of carboxylic acids is 1. The Labute approximate surface area is 172 Å². The number of aromatic carboxylic acids is 1. The molecule has 1 aliphatic carbocycles. The summed E-state index contributed by atoms with van der Waals surface area (Å²) in [5.74, 6) is -0.366. The van der Waals surface area contributed by atoms with Crippen molar-refractivity contribution in [1.82, 2.24) is 0 Å². The van der Waals surface area contributed by atoms with Crippen LogP contribution in [0.1, 0.15) is 62.0 Å². The maximum absolute atomic E-state index is 11.4. The lowest BCUT2D eigenvalue weighted by molar-refractivity contribution is 0.0696. The summed E-state index contributed by atoms with van der Waals surface area (Å²) in [5, 5.41) is 11.1. The molecule has 0 spiro atoms. The fraction of sp³-hybridized carbons (Fsp3) is 0.346. The van der Waals surface area contributed by atoms with Crippen molar-refractivity contribution in [1.29, 1.82) is 0 Å². The maximum Gasteiger partial charge on any atom is 0.335 e. The molecule has 1 aliphatic rings. The van der Waals surface area contributed by atoms with E-state index in [0.717, 1.165) is 16.3 Å². The Kier molecular flexibility index (Phi) is 4.45. The molecular formula is C26H28O3. The maximum atomic E-state index is 11.4. The third-order valence-corrected chi connectivity index (χ3v) is 6.57. The second-order valence-corrected chi connectivity index (χ2v) is 9.45. The van der Waals surface area contributed by atoms with Crippen LogP contribution in [0.4, 0.5) is 0 Å². The van der Waals surface area contributed by atoms with Crippen molar-refractivity contribution in [2.75, 3.05) is 7.11 Å². The topological polar surface area (TPSA) is 46.5 Å². The Morgan fingerprint density at radius 2 is 1.48 bits per heavy atom. The average Bonchev–Trinajstić information content (AvgIpc) is 2.70. The molecule has 150 valence electrons. The van der Waals surface area contributed by atoms with Crippen LogP contribution in [0.5, 0.6) is 5.75 Å². The number of methoxy groups -OCH3 is 1. The highest BCUT2D eigenvalue weighted by atomic mass is 16.5. The highest BCUT2D eigenvalue weighted by Crippen LogP contribution is 2.47. The summed E-state index contributed by atoms with van der Waals surface area (Å²) < 4.78 is 5.50. The van der Waals surface area contributed by atoms with Crippen LogP contribution in [-0.4, -0.2) is 18.2 Å². The van der Waals surface area contributed by atoms with Crippen LogP contribution < -0.4 is 4.74 Å². The standard InChI is InChI=1S/C26H28O3/c1-25(2)10-11-26(3,4)22-14-17(8-9-21(22)25)16-6-7-18-12-19(24(27)28)15-23(29-5)20(18)13-16/h6-9,12-15H,10-11H2,1-5H3,(H,27,28). The van der Waals surface area contributed by atoms with E-state index < -0.39 is 5.97 Å². The van der Waals surface area contributed by atoms with Crippen molar-refractivity contribution in [3.05, 3.63) is 65.2 Å². The minimum Gasteiger partial charge on any atom is -0.496 e. The van der Waals surface area contributed by atoms with Gasteiger partial charge >= 0.3 is 5.97 Å². The van der Waals surface area contributed by atoms with Gasteiger partial charge in [-0.05, 0) is 69.5 Å². The zero-order valence-electron chi connectivity index (χ0n) is 17.8.